The van der Waals surface area contributed by atoms with Crippen molar-refractivity contribution in [1.29, 1.82) is 0 Å². The summed E-state index contributed by atoms with van der Waals surface area (Å²) in [5.41, 5.74) is 1.38. The molecule has 5 nitrogen and oxygen atoms in total. The predicted molar refractivity (Wildman–Crippen MR) is 122 cm³/mol. The highest BCUT2D eigenvalue weighted by Crippen LogP contribution is 2.40. The smallest absolute Gasteiger partial charge is 0.270 e. The normalized spacial score (nSPS) is 15.2. The lowest BCUT2D eigenvalue weighted by Crippen LogP contribution is -2.41. The number of benzene rings is 1. The van der Waals surface area contributed by atoms with Crippen molar-refractivity contribution in [1.82, 2.24) is 9.47 Å². The molecular formula is C21H30Cl2N2O3Si. The highest BCUT2D eigenvalue weighted by Gasteiger charge is 2.36. The van der Waals surface area contributed by atoms with Crippen LogP contribution in [0.15, 0.2) is 12.1 Å². The second kappa shape index (κ2) is 8.14. The Morgan fingerprint density at radius 2 is 1.83 bits per heavy atom. The van der Waals surface area contributed by atoms with E-state index < -0.39 is 8.32 Å². The van der Waals surface area contributed by atoms with Gasteiger partial charge in [0.05, 0.1) is 22.2 Å². The Labute approximate surface area is 184 Å². The van der Waals surface area contributed by atoms with E-state index in [0.717, 1.165) is 17.3 Å². The predicted octanol–water partition coefficient (Wildman–Crippen LogP) is 5.82. The van der Waals surface area contributed by atoms with Crippen LogP contribution in [0, 0.1) is 0 Å². The maximum absolute atomic E-state index is 12.5. The molecule has 0 aliphatic carbocycles. The molecule has 160 valence electrons. The molecule has 1 aliphatic rings. The Hall–Kier alpha value is -1.21. The van der Waals surface area contributed by atoms with Gasteiger partial charge in [-0.15, -0.1) is 0 Å². The first-order chi connectivity index (χ1) is 13.4. The zero-order valence-corrected chi connectivity index (χ0v) is 20.6. The number of likely N-dealkylation sites (N-methyl/N-ethyl adjacent to an activating group) is 1. The number of hydrogen-bond acceptors (Lipinski definition) is 3. The van der Waals surface area contributed by atoms with Gasteiger partial charge in [-0.05, 0) is 24.2 Å². The van der Waals surface area contributed by atoms with Crippen molar-refractivity contribution in [3.05, 3.63) is 27.9 Å². The summed E-state index contributed by atoms with van der Waals surface area (Å²) in [5, 5.41) is 1.90. The number of halogens is 2. The van der Waals surface area contributed by atoms with Crippen molar-refractivity contribution in [2.45, 2.75) is 51.9 Å². The van der Waals surface area contributed by atoms with Crippen LogP contribution in [0.25, 0.3) is 10.9 Å². The van der Waals surface area contributed by atoms with Crippen molar-refractivity contribution in [3.63, 3.8) is 0 Å². The van der Waals surface area contributed by atoms with Crippen LogP contribution >= 0.6 is 23.2 Å². The van der Waals surface area contributed by atoms with Crippen molar-refractivity contribution in [3.8, 4) is 5.75 Å². The standard InChI is InChI=1S/C21H30Cl2N2O3Si/c1-21(2,3)29(5,6)28-11-7-10-27-17-13-15(22)18(23)19-14(17)12-16-20(26)24(4)8-9-25(16)19/h12-13H,7-11H2,1-6H3. The van der Waals surface area contributed by atoms with Crippen molar-refractivity contribution < 1.29 is 14.0 Å². The van der Waals surface area contributed by atoms with E-state index in [9.17, 15) is 4.79 Å². The van der Waals surface area contributed by atoms with Crippen LogP contribution in [0.1, 0.15) is 37.7 Å². The number of carbonyl (C=O) groups is 1. The van der Waals surface area contributed by atoms with Gasteiger partial charge in [0.1, 0.15) is 11.4 Å². The van der Waals surface area contributed by atoms with E-state index in [1.54, 1.807) is 18.0 Å². The highest BCUT2D eigenvalue weighted by atomic mass is 35.5. The van der Waals surface area contributed by atoms with E-state index in [1.165, 1.54) is 0 Å². The second-order valence-corrected chi connectivity index (χ2v) is 14.7. The second-order valence-electron chi connectivity index (χ2n) is 9.15. The first-order valence-electron chi connectivity index (χ1n) is 9.97. The molecule has 3 rings (SSSR count). The number of carbonyl (C=O) groups excluding carboxylic acids is 1. The van der Waals surface area contributed by atoms with Crippen molar-refractivity contribution in [2.24, 2.45) is 0 Å². The van der Waals surface area contributed by atoms with Crippen LogP contribution in [-0.4, -0.2) is 50.5 Å². The minimum atomic E-state index is -1.76. The van der Waals surface area contributed by atoms with E-state index in [0.29, 0.717) is 47.8 Å². The third-order valence-electron chi connectivity index (χ3n) is 6.08. The molecule has 0 fully saturated rings. The molecule has 2 aromatic rings. The number of aromatic nitrogens is 1. The van der Waals surface area contributed by atoms with E-state index in [2.05, 4.69) is 33.9 Å². The van der Waals surface area contributed by atoms with Gasteiger partial charge in [0.15, 0.2) is 8.32 Å². The summed E-state index contributed by atoms with van der Waals surface area (Å²) in [6, 6.07) is 3.60. The molecule has 1 aromatic heterocycles. The zero-order valence-electron chi connectivity index (χ0n) is 18.1. The number of nitrogens with zero attached hydrogens (tertiary/aromatic N) is 2. The topological polar surface area (TPSA) is 43.7 Å². The van der Waals surface area contributed by atoms with Crippen LogP contribution in [0.5, 0.6) is 5.75 Å². The Morgan fingerprint density at radius 1 is 1.14 bits per heavy atom. The molecule has 1 amide bonds. The largest absolute Gasteiger partial charge is 0.493 e. The van der Waals surface area contributed by atoms with Crippen LogP contribution in [-0.2, 0) is 11.0 Å². The molecule has 0 saturated heterocycles. The van der Waals surface area contributed by atoms with Gasteiger partial charge < -0.3 is 18.6 Å². The fraction of sp³-hybridized carbons (Fsp3) is 0.571. The summed E-state index contributed by atoms with van der Waals surface area (Å²) in [5.74, 6) is 0.632. The lowest BCUT2D eigenvalue weighted by atomic mass is 10.2. The minimum Gasteiger partial charge on any atom is -0.493 e. The van der Waals surface area contributed by atoms with Crippen LogP contribution < -0.4 is 4.74 Å². The van der Waals surface area contributed by atoms with Crippen molar-refractivity contribution in [2.75, 3.05) is 26.8 Å². The molecule has 0 radical (unpaired) electrons. The Bertz CT molecular complexity index is 934. The number of rotatable bonds is 6. The quantitative estimate of drug-likeness (QED) is 0.405. The van der Waals surface area contributed by atoms with Gasteiger partial charge in [0.25, 0.3) is 5.91 Å². The Kier molecular flexibility index (Phi) is 6.31. The summed E-state index contributed by atoms with van der Waals surface area (Å²) in [7, 11) is 0.0483. The maximum Gasteiger partial charge on any atom is 0.270 e. The fourth-order valence-electron chi connectivity index (χ4n) is 3.20. The monoisotopic (exact) mass is 456 g/mol. The lowest BCUT2D eigenvalue weighted by Gasteiger charge is -2.36. The first kappa shape index (κ1) is 22.5. The van der Waals surface area contributed by atoms with Crippen LogP contribution in [0.2, 0.25) is 28.2 Å². The van der Waals surface area contributed by atoms with Gasteiger partial charge in [0, 0.05) is 44.6 Å². The van der Waals surface area contributed by atoms with Crippen LogP contribution in [0.4, 0.5) is 0 Å². The minimum absolute atomic E-state index is 0.0200. The molecule has 0 N–H and O–H groups in total. The molecule has 1 aliphatic heterocycles. The highest BCUT2D eigenvalue weighted by molar-refractivity contribution is 6.74. The third kappa shape index (κ3) is 4.31. The summed E-state index contributed by atoms with van der Waals surface area (Å²) in [6.07, 6.45) is 0.781. The van der Waals surface area contributed by atoms with Crippen LogP contribution in [0.3, 0.4) is 0 Å². The molecular weight excluding hydrogens is 427 g/mol. The summed E-state index contributed by atoms with van der Waals surface area (Å²) >= 11 is 12.9. The van der Waals surface area contributed by atoms with Crippen molar-refractivity contribution >= 4 is 48.3 Å². The zero-order chi connectivity index (χ0) is 21.6. The Balaban J connectivity index is 1.76. The summed E-state index contributed by atoms with van der Waals surface area (Å²) in [4.78, 5) is 14.3. The number of ether oxygens (including phenoxy) is 1. The summed E-state index contributed by atoms with van der Waals surface area (Å²) < 4.78 is 14.2. The number of amides is 1. The average Bonchev–Trinajstić information content (AvgIpc) is 3.01. The van der Waals surface area contributed by atoms with E-state index in [1.807, 2.05) is 10.6 Å². The molecule has 0 spiro atoms. The van der Waals surface area contributed by atoms with Gasteiger partial charge >= 0.3 is 0 Å². The molecule has 1 aromatic carbocycles. The third-order valence-corrected chi connectivity index (χ3v) is 11.4. The molecule has 0 unspecified atom stereocenters. The molecule has 0 atom stereocenters. The number of fused-ring (bicyclic) bond motifs is 3. The van der Waals surface area contributed by atoms with Gasteiger partial charge in [-0.3, -0.25) is 4.79 Å². The average molecular weight is 457 g/mol. The van der Waals surface area contributed by atoms with Gasteiger partial charge in [0.2, 0.25) is 0 Å². The molecule has 2 heterocycles. The maximum atomic E-state index is 12.5. The van der Waals surface area contributed by atoms with Gasteiger partial charge in [-0.1, -0.05) is 44.0 Å². The van der Waals surface area contributed by atoms with E-state index >= 15 is 0 Å². The summed E-state index contributed by atoms with van der Waals surface area (Å²) in [6.45, 7) is 13.7. The fourth-order valence-corrected chi connectivity index (χ4v) is 4.74. The molecule has 0 bridgehead atoms. The lowest BCUT2D eigenvalue weighted by molar-refractivity contribution is 0.0751. The van der Waals surface area contributed by atoms with Gasteiger partial charge in [-0.2, -0.15) is 0 Å². The van der Waals surface area contributed by atoms with E-state index in [4.69, 9.17) is 32.4 Å². The molecule has 29 heavy (non-hydrogen) atoms. The first-order valence-corrected chi connectivity index (χ1v) is 13.6. The molecule has 8 heteroatoms. The van der Waals surface area contributed by atoms with Gasteiger partial charge in [-0.25, -0.2) is 0 Å². The SMILES string of the molecule is CN1CCn2c(cc3c(OCCCO[Si](C)(C)C(C)(C)C)cc(Cl)c(Cl)c32)C1=O. The molecule has 0 saturated carbocycles. The Morgan fingerprint density at radius 3 is 2.48 bits per heavy atom. The van der Waals surface area contributed by atoms with E-state index in [-0.39, 0.29) is 10.9 Å². The number of hydrogen-bond donors (Lipinski definition) is 0.